The third-order valence-corrected chi connectivity index (χ3v) is 6.72. The molecule has 3 heteroatoms. The van der Waals surface area contributed by atoms with Crippen molar-refractivity contribution in [3.05, 3.63) is 169 Å². The topological polar surface area (TPSA) is 25.8 Å². The molecule has 2 nitrogen and oxygen atoms in total. The number of nitrogens with zero attached hydrogens (tertiary/aromatic N) is 2. The van der Waals surface area contributed by atoms with E-state index in [1.54, 1.807) is 12.4 Å². The molecule has 2 heterocycles. The summed E-state index contributed by atoms with van der Waals surface area (Å²) in [4.78, 5) is 8.60. The second-order valence-corrected chi connectivity index (χ2v) is 10.9. The summed E-state index contributed by atoms with van der Waals surface area (Å²) < 4.78 is 0. The smallest absolute Gasteiger partial charge is 0.0249 e. The number of aromatic nitrogens is 2. The average molecular weight is 733 g/mol. The van der Waals surface area contributed by atoms with Crippen molar-refractivity contribution in [3.8, 4) is 45.5 Å². The van der Waals surface area contributed by atoms with Gasteiger partial charge in [0.1, 0.15) is 0 Å². The molecule has 0 amide bonds. The van der Waals surface area contributed by atoms with Crippen molar-refractivity contribution >= 4 is 0 Å². The van der Waals surface area contributed by atoms with Gasteiger partial charge in [0.25, 0.3) is 0 Å². The van der Waals surface area contributed by atoms with Crippen LogP contribution in [0.2, 0.25) is 0 Å². The summed E-state index contributed by atoms with van der Waals surface area (Å²) in [6.07, 6.45) is 3.59. The van der Waals surface area contributed by atoms with Gasteiger partial charge in [0.15, 0.2) is 0 Å². The van der Waals surface area contributed by atoms with E-state index >= 15 is 0 Å². The van der Waals surface area contributed by atoms with Gasteiger partial charge in [-0.05, 0) is 58.8 Å². The van der Waals surface area contributed by atoms with Gasteiger partial charge in [-0.25, -0.2) is 0 Å². The van der Waals surface area contributed by atoms with Gasteiger partial charge in [-0.15, -0.1) is 65.7 Å². The fraction of sp³-hybridized carbons (Fsp3) is 0.100. The molecule has 0 atom stereocenters. The third-order valence-electron chi connectivity index (χ3n) is 6.72. The van der Waals surface area contributed by atoms with Gasteiger partial charge in [-0.3, -0.25) is 0 Å². The van der Waals surface area contributed by atoms with E-state index in [4.69, 9.17) is 0 Å². The Morgan fingerprint density at radius 2 is 1.07 bits per heavy atom. The van der Waals surface area contributed by atoms with Gasteiger partial charge in [0, 0.05) is 43.6 Å². The second kappa shape index (κ2) is 15.0. The molecule has 1 radical (unpaired) electrons. The fourth-order valence-electron chi connectivity index (χ4n) is 4.30. The van der Waals surface area contributed by atoms with Crippen molar-refractivity contribution in [3.63, 3.8) is 0 Å². The van der Waals surface area contributed by atoms with Gasteiger partial charge < -0.3 is 9.97 Å². The van der Waals surface area contributed by atoms with Crippen LogP contribution in [0.4, 0.5) is 0 Å². The Bertz CT molecular complexity index is 1710. The molecule has 213 valence electrons. The molecule has 0 spiro atoms. The molecule has 0 aliphatic rings. The Kier molecular flexibility index (Phi) is 11.0. The van der Waals surface area contributed by atoms with Crippen LogP contribution < -0.4 is 0 Å². The normalized spacial score (nSPS) is 10.3. The van der Waals surface area contributed by atoms with E-state index in [0.717, 1.165) is 44.8 Å². The van der Waals surface area contributed by atoms with Gasteiger partial charge >= 0.3 is 0 Å². The Labute approximate surface area is 269 Å². The fourth-order valence-corrected chi connectivity index (χ4v) is 4.30. The van der Waals surface area contributed by atoms with Crippen LogP contribution in [-0.2, 0) is 25.5 Å². The molecule has 0 saturated carbocycles. The quantitative estimate of drug-likeness (QED) is 0.134. The van der Waals surface area contributed by atoms with E-state index in [0.29, 0.717) is 0 Å². The second-order valence-electron chi connectivity index (χ2n) is 10.9. The van der Waals surface area contributed by atoms with Crippen LogP contribution in [0.1, 0.15) is 37.5 Å². The zero-order chi connectivity index (χ0) is 29.2. The van der Waals surface area contributed by atoms with Crippen LogP contribution in [0.5, 0.6) is 0 Å². The van der Waals surface area contributed by atoms with Crippen LogP contribution in [0.25, 0.3) is 33.6 Å². The Morgan fingerprint density at radius 1 is 0.535 bits per heavy atom. The van der Waals surface area contributed by atoms with Crippen LogP contribution >= 0.6 is 0 Å². The van der Waals surface area contributed by atoms with Crippen molar-refractivity contribution in [2.75, 3.05) is 0 Å². The first kappa shape index (κ1) is 31.3. The summed E-state index contributed by atoms with van der Waals surface area (Å²) in [5, 5.41) is 0. The molecule has 6 aromatic rings. The van der Waals surface area contributed by atoms with Gasteiger partial charge in [0.2, 0.25) is 0 Å². The molecule has 0 saturated heterocycles. The monoisotopic (exact) mass is 733 g/mol. The average Bonchev–Trinajstić information content (AvgIpc) is 3.05. The Morgan fingerprint density at radius 3 is 1.53 bits per heavy atom. The minimum absolute atomic E-state index is 0. The molecule has 0 aliphatic carbocycles. The molecule has 4 aromatic carbocycles. The minimum Gasteiger partial charge on any atom is -0.305 e. The summed E-state index contributed by atoms with van der Waals surface area (Å²) in [5.41, 5.74) is 9.75. The summed E-state index contributed by atoms with van der Waals surface area (Å²) >= 11 is 0. The van der Waals surface area contributed by atoms with Gasteiger partial charge in [0.05, 0.1) is 0 Å². The zero-order valence-corrected chi connectivity index (χ0v) is 26.9. The summed E-state index contributed by atoms with van der Waals surface area (Å²) in [6.45, 7) is 6.66. The first-order valence-corrected chi connectivity index (χ1v) is 14.0. The van der Waals surface area contributed by atoms with Crippen molar-refractivity contribution in [1.29, 1.82) is 0 Å². The van der Waals surface area contributed by atoms with E-state index in [1.165, 1.54) is 5.56 Å². The molecule has 0 aliphatic heterocycles. The van der Waals surface area contributed by atoms with Crippen LogP contribution in [0.15, 0.2) is 140 Å². The first-order chi connectivity index (χ1) is 20.5. The Hall–Kier alpha value is -4.61. The van der Waals surface area contributed by atoms with Crippen molar-refractivity contribution in [2.24, 2.45) is 0 Å². The standard InChI is InChI=1S/C29H24N.C11H8N.Ir/c1-29(2,3)27-19-11-23(12-20-27)8-7-22-9-13-24(14-10-22)25-15-17-26(18-16-25)28-6-4-5-21-30-28;1-2-6-10(7-3-1)11-8-4-5-9-12-11;/h4-6,9-17,19-21H,1-3H3;1-6,8-9H;/q2*-1;. The molecule has 6 rings (SSSR count). The predicted molar refractivity (Wildman–Crippen MR) is 174 cm³/mol. The summed E-state index contributed by atoms with van der Waals surface area (Å²) in [5.74, 6) is 6.52. The predicted octanol–water partition coefficient (Wildman–Crippen LogP) is 9.46. The summed E-state index contributed by atoms with van der Waals surface area (Å²) in [7, 11) is 0. The first-order valence-electron chi connectivity index (χ1n) is 14.0. The third kappa shape index (κ3) is 8.94. The molecule has 0 N–H and O–H groups in total. The van der Waals surface area contributed by atoms with Gasteiger partial charge in [-0.1, -0.05) is 92.3 Å². The largest absolute Gasteiger partial charge is 0.305 e. The SMILES string of the molecule is CC(C)(C)c1ccc(C#Cc2ccc(-c3c[c-]c(-c4ccccn4)cc3)cc2)cc1.[Ir].[c-]1ccccc1-c1ccccn1. The molecule has 0 bridgehead atoms. The van der Waals surface area contributed by atoms with Crippen LogP contribution in [0.3, 0.4) is 0 Å². The number of hydrogen-bond acceptors (Lipinski definition) is 2. The molecular weight excluding hydrogens is 701 g/mol. The van der Waals surface area contributed by atoms with Crippen LogP contribution in [-0.4, -0.2) is 9.97 Å². The van der Waals surface area contributed by atoms with Crippen molar-refractivity contribution in [1.82, 2.24) is 9.97 Å². The summed E-state index contributed by atoms with van der Waals surface area (Å²) in [6, 6.07) is 49.1. The van der Waals surface area contributed by atoms with E-state index in [2.05, 4.69) is 115 Å². The minimum atomic E-state index is 0. The number of pyridine rings is 2. The molecule has 0 unspecified atom stereocenters. The van der Waals surface area contributed by atoms with E-state index in [1.807, 2.05) is 66.7 Å². The molecule has 2 aromatic heterocycles. The number of hydrogen-bond donors (Lipinski definition) is 0. The van der Waals surface area contributed by atoms with Gasteiger partial charge in [-0.2, -0.15) is 0 Å². The maximum absolute atomic E-state index is 4.38. The maximum atomic E-state index is 4.38. The molecule has 43 heavy (non-hydrogen) atoms. The zero-order valence-electron chi connectivity index (χ0n) is 24.5. The molecular formula is C40H32IrN2-2. The van der Waals surface area contributed by atoms with E-state index < -0.39 is 0 Å². The number of benzene rings is 4. The van der Waals surface area contributed by atoms with E-state index in [9.17, 15) is 0 Å². The van der Waals surface area contributed by atoms with Crippen LogP contribution in [0, 0.1) is 24.0 Å². The molecule has 0 fully saturated rings. The van der Waals surface area contributed by atoms with Crippen molar-refractivity contribution in [2.45, 2.75) is 26.2 Å². The number of rotatable bonds is 3. The van der Waals surface area contributed by atoms with Crippen molar-refractivity contribution < 1.29 is 20.1 Å². The Balaban J connectivity index is 0.000000272. The van der Waals surface area contributed by atoms with E-state index in [-0.39, 0.29) is 25.5 Å². The maximum Gasteiger partial charge on any atom is 0.0249 e.